The summed E-state index contributed by atoms with van der Waals surface area (Å²) in [6, 6.07) is 3.10. The van der Waals surface area contributed by atoms with E-state index in [1.165, 1.54) is 43.3 Å². The molecular formula is C37H40F4N4O2S. The molecule has 1 heterocycles. The Labute approximate surface area is 301 Å². The molecule has 0 spiro atoms. The van der Waals surface area contributed by atoms with E-state index in [-0.39, 0.29) is 47.8 Å². The number of hydrogen-bond acceptors (Lipinski definition) is 5. The van der Waals surface area contributed by atoms with Gasteiger partial charge in [0.05, 0.1) is 21.2 Å². The summed E-state index contributed by atoms with van der Waals surface area (Å²) in [5.74, 6) is -3.05. The minimum Gasteiger partial charge on any atom is -0.333 e. The van der Waals surface area contributed by atoms with Crippen LogP contribution in [0.1, 0.15) is 79.0 Å². The number of amides is 1. The molecule has 0 aliphatic heterocycles. The highest BCUT2D eigenvalue weighted by atomic mass is 32.2. The van der Waals surface area contributed by atoms with Gasteiger partial charge < -0.3 is 14.4 Å². The fourth-order valence-electron chi connectivity index (χ4n) is 5.18. The van der Waals surface area contributed by atoms with Gasteiger partial charge in [0, 0.05) is 38.3 Å². The maximum atomic E-state index is 15.0. The van der Waals surface area contributed by atoms with E-state index >= 15 is 0 Å². The van der Waals surface area contributed by atoms with Gasteiger partial charge in [-0.05, 0) is 85.7 Å². The highest BCUT2D eigenvalue weighted by Gasteiger charge is 2.30. The minimum atomic E-state index is -4.57. The molecule has 4 aromatic rings. The summed E-state index contributed by atoms with van der Waals surface area (Å²) in [7, 11) is 0. The lowest BCUT2D eigenvalue weighted by Gasteiger charge is -2.33. The van der Waals surface area contributed by atoms with Crippen LogP contribution < -0.4 is 5.56 Å². The highest BCUT2D eigenvalue weighted by molar-refractivity contribution is 7.98. The second-order valence-corrected chi connectivity index (χ2v) is 11.4. The van der Waals surface area contributed by atoms with Crippen molar-refractivity contribution in [3.63, 3.8) is 0 Å². The fraction of sp³-hybridized carbons (Fsp3) is 0.378. The van der Waals surface area contributed by atoms with Crippen molar-refractivity contribution in [2.75, 3.05) is 26.1 Å². The molecule has 48 heavy (non-hydrogen) atoms. The van der Waals surface area contributed by atoms with Gasteiger partial charge in [-0.3, -0.25) is 9.59 Å². The summed E-state index contributed by atoms with van der Waals surface area (Å²) < 4.78 is 166. The number of halogens is 4. The molecule has 1 amide bonds. The molecule has 1 aliphatic carbocycles. The third-order valence-electron chi connectivity index (χ3n) is 7.74. The summed E-state index contributed by atoms with van der Waals surface area (Å²) >= 11 is -0.0275. The Kier molecular flexibility index (Phi) is 7.07. The molecule has 0 saturated heterocycles. The summed E-state index contributed by atoms with van der Waals surface area (Å²) in [5.41, 5.74) is -5.05. The minimum absolute atomic E-state index is 0.00353. The van der Waals surface area contributed by atoms with Crippen LogP contribution in [0.5, 0.6) is 0 Å². The number of alkyl halides is 3. The number of carbonyl (C=O) groups is 1. The molecule has 0 N–H and O–H groups in total. The van der Waals surface area contributed by atoms with Gasteiger partial charge in [-0.1, -0.05) is 74.1 Å². The molecule has 1 aromatic heterocycles. The SMILES string of the molecule is [2H]c1c([2H])c(C([2H])([2H])Sc2nc(=O)c3c(n2C([2H])([2H])C(=O)N(CCN(C([2H])([2H])C)C([2H])([2H])C)C([2H])(C)c2ccc(-c4ccc(C(F)(F)F)cc4)cc2)CCC3)c([2H])c([2H])c1F. The first-order valence-corrected chi connectivity index (χ1v) is 15.6. The zero-order chi connectivity index (χ0) is 46.0. The molecule has 5 rings (SSSR count). The van der Waals surface area contributed by atoms with Crippen LogP contribution in [0.25, 0.3) is 11.1 Å². The first-order valence-electron chi connectivity index (χ1n) is 21.3. The van der Waals surface area contributed by atoms with E-state index in [2.05, 4.69) is 4.98 Å². The second kappa shape index (κ2) is 15.5. The van der Waals surface area contributed by atoms with Crippen LogP contribution in [0.15, 0.2) is 82.7 Å². The lowest BCUT2D eigenvalue weighted by molar-refractivity contribution is -0.137. The fourth-order valence-corrected chi connectivity index (χ4v) is 5.85. The summed E-state index contributed by atoms with van der Waals surface area (Å²) in [4.78, 5) is 33.6. The number of benzene rings is 3. The molecule has 3 aromatic carbocycles. The van der Waals surface area contributed by atoms with E-state index in [9.17, 15) is 31.3 Å². The monoisotopic (exact) mass is 693 g/mol. The molecule has 1 atom stereocenters. The Balaban J connectivity index is 1.65. The standard InChI is InChI=1S/C37H40F4N4O2S/c1-4-43(5-2)21-22-44(25(3)27-11-13-28(14-12-27)29-15-17-30(18-16-29)37(39,40)41)34(46)23-45-33-8-6-7-32(33)35(47)42-36(45)48-24-26-9-19-31(38)20-10-26/h9-20,25H,4-8,21-24H2,1-3H3/i4D2,5D2,9D,10D,19D,20D,23D2,24D2,25D. The van der Waals surface area contributed by atoms with Crippen LogP contribution in [0.3, 0.4) is 0 Å². The summed E-state index contributed by atoms with van der Waals surface area (Å²) in [6.45, 7) is -6.04. The topological polar surface area (TPSA) is 58.4 Å². The Morgan fingerprint density at radius 3 is 2.25 bits per heavy atom. The number of carbonyl (C=O) groups excluding carboxylic acids is 1. The normalized spacial score (nSPS) is 19.3. The van der Waals surface area contributed by atoms with Crippen LogP contribution in [-0.2, 0) is 36.0 Å². The lowest BCUT2D eigenvalue weighted by Crippen LogP contribution is -2.42. The van der Waals surface area contributed by atoms with Gasteiger partial charge in [-0.15, -0.1) is 0 Å². The highest BCUT2D eigenvalue weighted by Crippen LogP contribution is 2.32. The Morgan fingerprint density at radius 2 is 1.65 bits per heavy atom. The van der Waals surface area contributed by atoms with Gasteiger partial charge in [0.25, 0.3) is 5.56 Å². The van der Waals surface area contributed by atoms with Crippen LogP contribution in [-0.4, -0.2) is 51.3 Å². The molecule has 0 radical (unpaired) electrons. The van der Waals surface area contributed by atoms with Gasteiger partial charge >= 0.3 is 6.18 Å². The zero-order valence-corrected chi connectivity index (χ0v) is 27.0. The van der Waals surface area contributed by atoms with E-state index in [1.807, 2.05) is 0 Å². The number of hydrogen-bond donors (Lipinski definition) is 0. The number of nitrogens with zero attached hydrogens (tertiary/aromatic N) is 4. The molecule has 0 saturated carbocycles. The number of rotatable bonds is 13. The first-order chi connectivity index (χ1) is 27.8. The van der Waals surface area contributed by atoms with Crippen LogP contribution in [0.2, 0.25) is 0 Å². The van der Waals surface area contributed by atoms with Crippen molar-refractivity contribution < 1.29 is 40.2 Å². The largest absolute Gasteiger partial charge is 0.416 e. The average Bonchev–Trinajstić information content (AvgIpc) is 3.63. The molecule has 1 aliphatic rings. The summed E-state index contributed by atoms with van der Waals surface area (Å²) in [6.07, 6.45) is -4.21. The lowest BCUT2D eigenvalue weighted by atomic mass is 9.99. The Morgan fingerprint density at radius 1 is 1.02 bits per heavy atom. The maximum absolute atomic E-state index is 15.0. The van der Waals surface area contributed by atoms with Crippen LogP contribution in [0.4, 0.5) is 17.6 Å². The van der Waals surface area contributed by atoms with Crippen molar-refractivity contribution in [3.8, 4) is 11.1 Å². The van der Waals surface area contributed by atoms with Crippen molar-refractivity contribution in [1.29, 1.82) is 0 Å². The third kappa shape index (κ3) is 8.36. The van der Waals surface area contributed by atoms with E-state index in [1.54, 1.807) is 0 Å². The van der Waals surface area contributed by atoms with Gasteiger partial charge in [-0.2, -0.15) is 18.2 Å². The molecule has 254 valence electrons. The van der Waals surface area contributed by atoms with E-state index in [4.69, 9.17) is 13.7 Å². The molecule has 0 fully saturated rings. The van der Waals surface area contributed by atoms with Crippen molar-refractivity contribution in [3.05, 3.63) is 117 Å². The van der Waals surface area contributed by atoms with E-state index < -0.39 is 108 Å². The van der Waals surface area contributed by atoms with E-state index in [0.717, 1.165) is 30.9 Å². The number of aromatic nitrogens is 2. The first kappa shape index (κ1) is 21.9. The number of likely N-dealkylation sites (N-methyl/N-ethyl adjacent to an activating group) is 1. The quantitative estimate of drug-likeness (QED) is 0.0814. The predicted octanol–water partition coefficient (Wildman–Crippen LogP) is 7.78. The van der Waals surface area contributed by atoms with Crippen molar-refractivity contribution >= 4 is 17.7 Å². The average molecular weight is 694 g/mol. The number of thioether (sulfide) groups is 1. The molecule has 11 heteroatoms. The van der Waals surface area contributed by atoms with Crippen LogP contribution >= 0.6 is 11.8 Å². The predicted molar refractivity (Wildman–Crippen MR) is 181 cm³/mol. The van der Waals surface area contributed by atoms with Crippen molar-refractivity contribution in [1.82, 2.24) is 19.4 Å². The Bertz CT molecular complexity index is 2340. The van der Waals surface area contributed by atoms with Crippen molar-refractivity contribution in [2.24, 2.45) is 0 Å². The second-order valence-electron chi connectivity index (χ2n) is 10.6. The molecule has 6 nitrogen and oxygen atoms in total. The van der Waals surface area contributed by atoms with Gasteiger partial charge in [0.2, 0.25) is 5.91 Å². The van der Waals surface area contributed by atoms with Gasteiger partial charge in [0.15, 0.2) is 5.16 Å². The molecule has 0 bridgehead atoms. The maximum Gasteiger partial charge on any atom is 0.416 e. The summed E-state index contributed by atoms with van der Waals surface area (Å²) in [5, 5.41) is -0.779. The zero-order valence-electron chi connectivity index (χ0n) is 39.2. The van der Waals surface area contributed by atoms with Gasteiger partial charge in [0.1, 0.15) is 12.3 Å². The number of fused-ring (bicyclic) bond motifs is 1. The molecular weight excluding hydrogens is 640 g/mol. The molecule has 1 unspecified atom stereocenters. The van der Waals surface area contributed by atoms with Crippen LogP contribution in [0, 0.1) is 5.82 Å². The smallest absolute Gasteiger partial charge is 0.333 e. The third-order valence-corrected chi connectivity index (χ3v) is 8.50. The van der Waals surface area contributed by atoms with Crippen molar-refractivity contribution in [2.45, 2.75) is 69.6 Å². The Hall–Kier alpha value is -3.96. The van der Waals surface area contributed by atoms with Gasteiger partial charge in [-0.25, -0.2) is 4.39 Å². The van der Waals surface area contributed by atoms with E-state index in [0.29, 0.717) is 20.6 Å².